The van der Waals surface area contributed by atoms with Gasteiger partial charge in [-0.15, -0.1) is 0 Å². The Morgan fingerprint density at radius 3 is 2.43 bits per heavy atom. The number of nitrogens with zero attached hydrogens (tertiary/aromatic N) is 2. The summed E-state index contributed by atoms with van der Waals surface area (Å²) in [6.07, 6.45) is 1.78. The van der Waals surface area contributed by atoms with E-state index in [1.807, 2.05) is 6.07 Å². The lowest BCUT2D eigenvalue weighted by Crippen LogP contribution is -2.40. The smallest absolute Gasteiger partial charge is 0.243 e. The van der Waals surface area contributed by atoms with E-state index < -0.39 is 10.0 Å². The molecule has 0 aromatic heterocycles. The van der Waals surface area contributed by atoms with Gasteiger partial charge in [0.05, 0.1) is 16.5 Å². The van der Waals surface area contributed by atoms with Crippen LogP contribution in [-0.2, 0) is 10.0 Å². The summed E-state index contributed by atoms with van der Waals surface area (Å²) in [5.74, 6) is 0.553. The van der Waals surface area contributed by atoms with Crippen LogP contribution in [0, 0.1) is 17.2 Å². The minimum atomic E-state index is -3.43. The van der Waals surface area contributed by atoms with Crippen molar-refractivity contribution in [1.29, 1.82) is 5.26 Å². The zero-order valence-electron chi connectivity index (χ0n) is 12.2. The maximum atomic E-state index is 12.5. The molecular weight excluding hydrogens is 286 g/mol. The molecule has 1 aromatic carbocycles. The van der Waals surface area contributed by atoms with Crippen LogP contribution in [0.15, 0.2) is 29.2 Å². The second-order valence-corrected chi connectivity index (χ2v) is 7.23. The molecule has 0 saturated carbocycles. The van der Waals surface area contributed by atoms with Crippen LogP contribution in [0.1, 0.15) is 25.3 Å². The fourth-order valence-corrected chi connectivity index (χ4v) is 4.02. The second-order valence-electron chi connectivity index (χ2n) is 5.29. The van der Waals surface area contributed by atoms with Crippen molar-refractivity contribution in [2.24, 2.45) is 5.92 Å². The van der Waals surface area contributed by atoms with Gasteiger partial charge < -0.3 is 5.32 Å². The van der Waals surface area contributed by atoms with E-state index in [0.29, 0.717) is 24.6 Å². The number of hydrogen-bond donors (Lipinski definition) is 1. The van der Waals surface area contributed by atoms with E-state index in [1.54, 1.807) is 16.4 Å². The van der Waals surface area contributed by atoms with E-state index in [2.05, 4.69) is 12.2 Å². The molecule has 6 heteroatoms. The largest absolute Gasteiger partial charge is 0.317 e. The number of piperidine rings is 1. The molecule has 0 bridgehead atoms. The molecule has 1 aliphatic rings. The molecule has 0 aliphatic carbocycles. The number of sulfonamides is 1. The summed E-state index contributed by atoms with van der Waals surface area (Å²) < 4.78 is 26.6. The molecule has 114 valence electrons. The lowest BCUT2D eigenvalue weighted by molar-refractivity contribution is 0.268. The average molecular weight is 307 g/mol. The first-order chi connectivity index (χ1) is 10.1. The summed E-state index contributed by atoms with van der Waals surface area (Å²) in [6.45, 7) is 5.12. The molecule has 2 rings (SSSR count). The molecule has 1 saturated heterocycles. The van der Waals surface area contributed by atoms with E-state index in [0.717, 1.165) is 25.9 Å². The van der Waals surface area contributed by atoms with Gasteiger partial charge in [0.2, 0.25) is 10.0 Å². The van der Waals surface area contributed by atoms with Crippen LogP contribution in [0.2, 0.25) is 0 Å². The summed E-state index contributed by atoms with van der Waals surface area (Å²) in [5, 5.41) is 12.1. The molecule has 5 nitrogen and oxygen atoms in total. The van der Waals surface area contributed by atoms with Crippen LogP contribution in [-0.4, -0.2) is 38.9 Å². The van der Waals surface area contributed by atoms with E-state index in [9.17, 15) is 8.42 Å². The van der Waals surface area contributed by atoms with Crippen LogP contribution in [0.25, 0.3) is 0 Å². The Morgan fingerprint density at radius 2 is 1.90 bits per heavy atom. The van der Waals surface area contributed by atoms with Crippen molar-refractivity contribution < 1.29 is 8.42 Å². The van der Waals surface area contributed by atoms with Crippen molar-refractivity contribution in [3.63, 3.8) is 0 Å². The maximum absolute atomic E-state index is 12.5. The Morgan fingerprint density at radius 1 is 1.29 bits per heavy atom. The summed E-state index contributed by atoms with van der Waals surface area (Å²) in [5.41, 5.74) is 0.471. The summed E-state index contributed by atoms with van der Waals surface area (Å²) in [7, 11) is -3.43. The van der Waals surface area contributed by atoms with Crippen LogP contribution < -0.4 is 5.32 Å². The maximum Gasteiger partial charge on any atom is 0.243 e. The first-order valence-electron chi connectivity index (χ1n) is 7.29. The molecule has 0 unspecified atom stereocenters. The molecule has 1 aliphatic heterocycles. The minimum Gasteiger partial charge on any atom is -0.317 e. The Bertz CT molecular complexity index is 597. The fraction of sp³-hybridized carbons (Fsp3) is 0.533. The van der Waals surface area contributed by atoms with Crippen LogP contribution >= 0.6 is 0 Å². The first kappa shape index (κ1) is 16.0. The van der Waals surface area contributed by atoms with Gasteiger partial charge >= 0.3 is 0 Å². The summed E-state index contributed by atoms with van der Waals surface area (Å²) in [6, 6.07) is 8.11. The van der Waals surface area contributed by atoms with E-state index in [4.69, 9.17) is 5.26 Å². The van der Waals surface area contributed by atoms with Gasteiger partial charge in [0.15, 0.2) is 0 Å². The van der Waals surface area contributed by atoms with E-state index in [-0.39, 0.29) is 4.90 Å². The zero-order valence-corrected chi connectivity index (χ0v) is 13.1. The highest BCUT2D eigenvalue weighted by Crippen LogP contribution is 2.23. The minimum absolute atomic E-state index is 0.270. The summed E-state index contributed by atoms with van der Waals surface area (Å²) >= 11 is 0. The molecule has 0 radical (unpaired) electrons. The van der Waals surface area contributed by atoms with Crippen molar-refractivity contribution in [3.8, 4) is 6.07 Å². The molecule has 21 heavy (non-hydrogen) atoms. The zero-order chi connectivity index (χ0) is 15.3. The number of rotatable bonds is 5. The molecule has 0 atom stereocenters. The number of benzene rings is 1. The van der Waals surface area contributed by atoms with Crippen molar-refractivity contribution in [2.45, 2.75) is 24.7 Å². The van der Waals surface area contributed by atoms with Crippen LogP contribution in [0.3, 0.4) is 0 Å². The quantitative estimate of drug-likeness (QED) is 0.896. The van der Waals surface area contributed by atoms with Crippen molar-refractivity contribution in [3.05, 3.63) is 29.8 Å². The third kappa shape index (κ3) is 3.82. The highest BCUT2D eigenvalue weighted by molar-refractivity contribution is 7.89. The SMILES string of the molecule is CCNCC1CCN(S(=O)(=O)c2ccc(C#N)cc2)CC1. The standard InChI is InChI=1S/C15H21N3O2S/c1-2-17-12-14-7-9-18(10-8-14)21(19,20)15-5-3-13(11-16)4-6-15/h3-6,14,17H,2,7-10,12H2,1H3. The highest BCUT2D eigenvalue weighted by atomic mass is 32.2. The van der Waals surface area contributed by atoms with Crippen molar-refractivity contribution >= 4 is 10.0 Å². The number of nitrogens with one attached hydrogen (secondary N) is 1. The molecule has 1 aromatic rings. The van der Waals surface area contributed by atoms with E-state index in [1.165, 1.54) is 12.1 Å². The van der Waals surface area contributed by atoms with Gasteiger partial charge in [-0.2, -0.15) is 9.57 Å². The molecule has 1 heterocycles. The van der Waals surface area contributed by atoms with Gasteiger partial charge in [0.1, 0.15) is 0 Å². The van der Waals surface area contributed by atoms with Gasteiger partial charge in [0.25, 0.3) is 0 Å². The Balaban J connectivity index is 2.02. The second kappa shape index (κ2) is 7.03. The summed E-state index contributed by atoms with van der Waals surface area (Å²) in [4.78, 5) is 0.270. The average Bonchev–Trinajstić information content (AvgIpc) is 2.53. The van der Waals surface area contributed by atoms with Gasteiger partial charge in [-0.1, -0.05) is 6.92 Å². The predicted molar refractivity (Wildman–Crippen MR) is 81.2 cm³/mol. The third-order valence-corrected chi connectivity index (χ3v) is 5.79. The molecule has 0 amide bonds. The van der Waals surface area contributed by atoms with Gasteiger partial charge in [-0.05, 0) is 56.1 Å². The van der Waals surface area contributed by atoms with Gasteiger partial charge in [-0.3, -0.25) is 0 Å². The monoisotopic (exact) mass is 307 g/mol. The lowest BCUT2D eigenvalue weighted by atomic mass is 9.98. The normalized spacial score (nSPS) is 17.5. The van der Waals surface area contributed by atoms with E-state index >= 15 is 0 Å². The third-order valence-electron chi connectivity index (χ3n) is 3.88. The predicted octanol–water partition coefficient (Wildman–Crippen LogP) is 1.57. The van der Waals surface area contributed by atoms with Crippen LogP contribution in [0.5, 0.6) is 0 Å². The first-order valence-corrected chi connectivity index (χ1v) is 8.73. The Hall–Kier alpha value is -1.42. The van der Waals surface area contributed by atoms with Crippen molar-refractivity contribution in [2.75, 3.05) is 26.2 Å². The Kier molecular flexibility index (Phi) is 5.34. The van der Waals surface area contributed by atoms with Crippen molar-refractivity contribution in [1.82, 2.24) is 9.62 Å². The fourth-order valence-electron chi connectivity index (χ4n) is 2.55. The topological polar surface area (TPSA) is 73.2 Å². The molecule has 0 spiro atoms. The van der Waals surface area contributed by atoms with Crippen LogP contribution in [0.4, 0.5) is 0 Å². The highest BCUT2D eigenvalue weighted by Gasteiger charge is 2.29. The Labute approximate surface area is 126 Å². The molecular formula is C15H21N3O2S. The lowest BCUT2D eigenvalue weighted by Gasteiger charge is -2.31. The molecule has 1 N–H and O–H groups in total. The number of nitriles is 1. The number of hydrogen-bond acceptors (Lipinski definition) is 4. The van der Waals surface area contributed by atoms with Gasteiger partial charge in [-0.25, -0.2) is 8.42 Å². The van der Waals surface area contributed by atoms with Gasteiger partial charge in [0, 0.05) is 13.1 Å². The molecule has 1 fully saturated rings.